The number of para-hydroxylation sites is 1. The Bertz CT molecular complexity index is 819. The Kier molecular flexibility index (Phi) is 4.79. The molecule has 0 amide bonds. The van der Waals surface area contributed by atoms with Crippen molar-refractivity contribution in [2.75, 3.05) is 0 Å². The summed E-state index contributed by atoms with van der Waals surface area (Å²) in [5, 5.41) is 21.8. The van der Waals surface area contributed by atoms with E-state index in [1.807, 2.05) is 18.2 Å². The predicted octanol–water partition coefficient (Wildman–Crippen LogP) is 4.27. The first-order valence-corrected chi connectivity index (χ1v) is 9.65. The number of allylic oxidation sites excluding steroid dienone is 1. The molecule has 4 heteroatoms. The molecule has 2 aliphatic heterocycles. The summed E-state index contributed by atoms with van der Waals surface area (Å²) in [6, 6.07) is 12.7. The van der Waals surface area contributed by atoms with Gasteiger partial charge in [0.05, 0.1) is 5.60 Å². The SMILES string of the molecule is C=CCc1cccc(CN2[C@H]3CC[C@H]2CC(O)(c2ccc(F)cc2)C3)c1O. The maximum Gasteiger partial charge on any atom is 0.123 e. The van der Waals surface area contributed by atoms with E-state index in [1.165, 1.54) is 12.1 Å². The standard InChI is InChI=1S/C23H26FNO2/c1-2-4-16-5-3-6-17(22(16)26)15-25-20-11-12-21(25)14-23(27,13-20)18-7-9-19(24)10-8-18/h2-3,5-10,20-21,26-27H,1,4,11-15H2/t20-,21-/m0/s1. The van der Waals surface area contributed by atoms with Crippen molar-refractivity contribution in [3.63, 3.8) is 0 Å². The second-order valence-electron chi connectivity index (χ2n) is 7.92. The van der Waals surface area contributed by atoms with E-state index in [9.17, 15) is 14.6 Å². The molecule has 2 N–H and O–H groups in total. The van der Waals surface area contributed by atoms with Gasteiger partial charge in [-0.3, -0.25) is 4.90 Å². The molecule has 2 aromatic carbocycles. The Balaban J connectivity index is 1.54. The van der Waals surface area contributed by atoms with Gasteiger partial charge in [-0.05, 0) is 55.4 Å². The average molecular weight is 367 g/mol. The van der Waals surface area contributed by atoms with Crippen LogP contribution in [0.25, 0.3) is 0 Å². The molecular formula is C23H26FNO2. The topological polar surface area (TPSA) is 43.7 Å². The molecule has 0 radical (unpaired) electrons. The number of benzene rings is 2. The highest BCUT2D eigenvalue weighted by Crippen LogP contribution is 2.46. The van der Waals surface area contributed by atoms with E-state index >= 15 is 0 Å². The molecular weight excluding hydrogens is 341 g/mol. The molecule has 0 spiro atoms. The molecule has 2 heterocycles. The summed E-state index contributed by atoms with van der Waals surface area (Å²) in [7, 11) is 0. The third kappa shape index (κ3) is 3.40. The van der Waals surface area contributed by atoms with Gasteiger partial charge in [0.25, 0.3) is 0 Å². The summed E-state index contributed by atoms with van der Waals surface area (Å²) in [4.78, 5) is 2.42. The van der Waals surface area contributed by atoms with Gasteiger partial charge in [-0.15, -0.1) is 6.58 Å². The third-order valence-corrected chi connectivity index (χ3v) is 6.22. The highest BCUT2D eigenvalue weighted by atomic mass is 19.1. The first kappa shape index (κ1) is 18.2. The fourth-order valence-electron chi connectivity index (χ4n) is 4.86. The molecule has 2 aromatic rings. The Hall–Kier alpha value is -2.17. The molecule has 3 nitrogen and oxygen atoms in total. The number of fused-ring (bicyclic) bond motifs is 2. The Morgan fingerprint density at radius 3 is 2.33 bits per heavy atom. The molecule has 142 valence electrons. The average Bonchev–Trinajstić information content (AvgIpc) is 2.89. The van der Waals surface area contributed by atoms with Crippen molar-refractivity contribution in [2.24, 2.45) is 0 Å². The van der Waals surface area contributed by atoms with Gasteiger partial charge < -0.3 is 10.2 Å². The first-order chi connectivity index (χ1) is 13.0. The van der Waals surface area contributed by atoms with Crippen molar-refractivity contribution < 1.29 is 14.6 Å². The van der Waals surface area contributed by atoms with Crippen molar-refractivity contribution >= 4 is 0 Å². The van der Waals surface area contributed by atoms with Crippen molar-refractivity contribution in [3.05, 3.63) is 77.6 Å². The van der Waals surface area contributed by atoms with Gasteiger partial charge in [0.1, 0.15) is 11.6 Å². The zero-order valence-corrected chi connectivity index (χ0v) is 15.4. The molecule has 2 fully saturated rings. The quantitative estimate of drug-likeness (QED) is 0.776. The molecule has 0 unspecified atom stereocenters. The van der Waals surface area contributed by atoms with Crippen LogP contribution < -0.4 is 0 Å². The molecule has 2 saturated heterocycles. The van der Waals surface area contributed by atoms with E-state index in [-0.39, 0.29) is 17.9 Å². The zero-order valence-electron chi connectivity index (χ0n) is 15.4. The molecule has 2 aliphatic rings. The lowest BCUT2D eigenvalue weighted by molar-refractivity contribution is -0.0596. The largest absolute Gasteiger partial charge is 0.507 e. The van der Waals surface area contributed by atoms with Gasteiger partial charge >= 0.3 is 0 Å². The van der Waals surface area contributed by atoms with E-state index in [0.29, 0.717) is 31.6 Å². The monoisotopic (exact) mass is 367 g/mol. The molecule has 27 heavy (non-hydrogen) atoms. The van der Waals surface area contributed by atoms with Gasteiger partial charge in [-0.1, -0.05) is 36.4 Å². The number of rotatable bonds is 5. The van der Waals surface area contributed by atoms with E-state index < -0.39 is 5.60 Å². The van der Waals surface area contributed by atoms with Crippen LogP contribution in [0.3, 0.4) is 0 Å². The molecule has 2 bridgehead atoms. The van der Waals surface area contributed by atoms with Gasteiger partial charge in [0.2, 0.25) is 0 Å². The molecule has 4 rings (SSSR count). The normalized spacial score (nSPS) is 27.6. The summed E-state index contributed by atoms with van der Waals surface area (Å²) in [6.07, 6.45) is 5.82. The number of phenols is 1. The summed E-state index contributed by atoms with van der Waals surface area (Å²) < 4.78 is 13.3. The second-order valence-corrected chi connectivity index (χ2v) is 7.92. The van der Waals surface area contributed by atoms with Crippen LogP contribution in [0.15, 0.2) is 55.1 Å². The van der Waals surface area contributed by atoms with E-state index in [4.69, 9.17) is 0 Å². The van der Waals surface area contributed by atoms with Gasteiger partial charge in [-0.25, -0.2) is 4.39 Å². The molecule has 0 saturated carbocycles. The molecule has 0 aromatic heterocycles. The van der Waals surface area contributed by atoms with Crippen LogP contribution in [0, 0.1) is 5.82 Å². The Labute approximate surface area is 159 Å². The third-order valence-electron chi connectivity index (χ3n) is 6.22. The lowest BCUT2D eigenvalue weighted by Crippen LogP contribution is -2.49. The van der Waals surface area contributed by atoms with Crippen LogP contribution >= 0.6 is 0 Å². The number of aliphatic hydroxyl groups is 1. The number of hydrogen-bond donors (Lipinski definition) is 2. The van der Waals surface area contributed by atoms with Crippen LogP contribution in [-0.4, -0.2) is 27.2 Å². The number of hydrogen-bond acceptors (Lipinski definition) is 3. The zero-order chi connectivity index (χ0) is 19.0. The number of halogens is 1. The van der Waals surface area contributed by atoms with Crippen LogP contribution in [0.4, 0.5) is 4.39 Å². The fraction of sp³-hybridized carbons (Fsp3) is 0.391. The van der Waals surface area contributed by atoms with Crippen molar-refractivity contribution in [3.8, 4) is 5.75 Å². The second kappa shape index (κ2) is 7.10. The van der Waals surface area contributed by atoms with Crippen LogP contribution in [0.2, 0.25) is 0 Å². The Morgan fingerprint density at radius 2 is 1.70 bits per heavy atom. The first-order valence-electron chi connectivity index (χ1n) is 9.65. The maximum atomic E-state index is 13.3. The minimum Gasteiger partial charge on any atom is -0.507 e. The summed E-state index contributed by atoms with van der Waals surface area (Å²) >= 11 is 0. The van der Waals surface area contributed by atoms with E-state index in [1.54, 1.807) is 18.2 Å². The number of piperidine rings is 1. The maximum absolute atomic E-state index is 13.3. The van der Waals surface area contributed by atoms with Crippen LogP contribution in [0.1, 0.15) is 42.4 Å². The summed E-state index contributed by atoms with van der Waals surface area (Å²) in [5.74, 6) is 0.0776. The van der Waals surface area contributed by atoms with Gasteiger partial charge in [0.15, 0.2) is 0 Å². The smallest absolute Gasteiger partial charge is 0.123 e. The minimum absolute atomic E-state index is 0.265. The summed E-state index contributed by atoms with van der Waals surface area (Å²) in [6.45, 7) is 4.44. The molecule has 0 aliphatic carbocycles. The molecule has 2 atom stereocenters. The van der Waals surface area contributed by atoms with E-state index in [2.05, 4.69) is 11.5 Å². The van der Waals surface area contributed by atoms with Gasteiger partial charge in [-0.2, -0.15) is 0 Å². The van der Waals surface area contributed by atoms with Crippen LogP contribution in [0.5, 0.6) is 5.75 Å². The van der Waals surface area contributed by atoms with Crippen LogP contribution in [-0.2, 0) is 18.6 Å². The van der Waals surface area contributed by atoms with Crippen molar-refractivity contribution in [1.29, 1.82) is 0 Å². The fourth-order valence-corrected chi connectivity index (χ4v) is 4.86. The Morgan fingerprint density at radius 1 is 1.07 bits per heavy atom. The highest BCUT2D eigenvalue weighted by Gasteiger charge is 2.48. The lowest BCUT2D eigenvalue weighted by Gasteiger charge is -2.44. The lowest BCUT2D eigenvalue weighted by atomic mass is 9.80. The number of phenolic OH excluding ortho intramolecular Hbond substituents is 1. The van der Waals surface area contributed by atoms with E-state index in [0.717, 1.165) is 29.5 Å². The summed E-state index contributed by atoms with van der Waals surface area (Å²) in [5.41, 5.74) is 1.73. The van der Waals surface area contributed by atoms with Crippen molar-refractivity contribution in [1.82, 2.24) is 4.90 Å². The number of nitrogens with zero attached hydrogens (tertiary/aromatic N) is 1. The highest BCUT2D eigenvalue weighted by molar-refractivity contribution is 5.41. The number of aromatic hydroxyl groups is 1. The minimum atomic E-state index is -0.900. The predicted molar refractivity (Wildman–Crippen MR) is 104 cm³/mol. The van der Waals surface area contributed by atoms with Gasteiger partial charge in [0, 0.05) is 24.2 Å². The van der Waals surface area contributed by atoms with Crippen molar-refractivity contribution in [2.45, 2.75) is 56.3 Å².